The van der Waals surface area contributed by atoms with Gasteiger partial charge in [0.25, 0.3) is 0 Å². The molecule has 0 saturated carbocycles. The van der Waals surface area contributed by atoms with Crippen molar-refractivity contribution in [3.05, 3.63) is 18.0 Å². The van der Waals surface area contributed by atoms with E-state index in [0.29, 0.717) is 0 Å². The highest BCUT2D eigenvalue weighted by molar-refractivity contribution is 4.95. The van der Waals surface area contributed by atoms with Crippen molar-refractivity contribution >= 4 is 0 Å². The lowest BCUT2D eigenvalue weighted by molar-refractivity contribution is 0.145. The zero-order valence-electron chi connectivity index (χ0n) is 11.9. The number of likely N-dealkylation sites (N-methyl/N-ethyl adjacent to an activating group) is 1. The molecule has 1 aromatic rings. The molecule has 100 valence electrons. The van der Waals surface area contributed by atoms with Gasteiger partial charge in [0.1, 0.15) is 6.26 Å². The zero-order chi connectivity index (χ0) is 13.1. The molecule has 0 aromatic carbocycles. The van der Waals surface area contributed by atoms with E-state index in [4.69, 9.17) is 4.52 Å². The Labute approximate surface area is 106 Å². The summed E-state index contributed by atoms with van der Waals surface area (Å²) in [6.45, 7) is 13.5. The summed E-state index contributed by atoms with van der Waals surface area (Å²) in [7, 11) is 2.16. The second-order valence-corrected chi connectivity index (χ2v) is 3.57. The maximum absolute atomic E-state index is 4.79. The molecule has 1 aromatic heterocycles. The molecular weight excluding hydrogens is 214 g/mol. The second kappa shape index (κ2) is 10.3. The molecule has 0 bridgehead atoms. The molecule has 4 nitrogen and oxygen atoms in total. The Hall–Kier alpha value is -0.870. The van der Waals surface area contributed by atoms with Gasteiger partial charge in [-0.15, -0.1) is 0 Å². The van der Waals surface area contributed by atoms with Gasteiger partial charge in [-0.2, -0.15) is 0 Å². The summed E-state index contributed by atoms with van der Waals surface area (Å²) < 4.78 is 4.79. The standard InChI is InChI=1S/C9H15N3O.2C2H6/c1-11-3-5-12(6-4-11)8-9-2-7-13-10-9;2*1-2/h2,7H,3-6,8H2,1H3;2*1-2H3. The van der Waals surface area contributed by atoms with Crippen molar-refractivity contribution in [2.24, 2.45) is 0 Å². The summed E-state index contributed by atoms with van der Waals surface area (Å²) in [5, 5.41) is 3.90. The summed E-state index contributed by atoms with van der Waals surface area (Å²) >= 11 is 0. The summed E-state index contributed by atoms with van der Waals surface area (Å²) in [6, 6.07) is 1.93. The van der Waals surface area contributed by atoms with Gasteiger partial charge in [-0.05, 0) is 7.05 Å². The van der Waals surface area contributed by atoms with Crippen molar-refractivity contribution in [2.45, 2.75) is 34.2 Å². The first-order valence-corrected chi connectivity index (χ1v) is 6.65. The molecule has 0 spiro atoms. The van der Waals surface area contributed by atoms with Crippen molar-refractivity contribution in [1.29, 1.82) is 0 Å². The highest BCUT2D eigenvalue weighted by atomic mass is 16.5. The fourth-order valence-electron chi connectivity index (χ4n) is 1.55. The van der Waals surface area contributed by atoms with Gasteiger partial charge in [-0.1, -0.05) is 32.9 Å². The van der Waals surface area contributed by atoms with Crippen LogP contribution in [-0.4, -0.2) is 48.2 Å². The molecule has 1 fully saturated rings. The Morgan fingerprint density at radius 1 is 1.12 bits per heavy atom. The van der Waals surface area contributed by atoms with Crippen LogP contribution < -0.4 is 0 Å². The lowest BCUT2D eigenvalue weighted by Gasteiger charge is -2.31. The van der Waals surface area contributed by atoms with E-state index in [9.17, 15) is 0 Å². The van der Waals surface area contributed by atoms with E-state index >= 15 is 0 Å². The van der Waals surface area contributed by atoms with E-state index in [-0.39, 0.29) is 0 Å². The normalized spacial score (nSPS) is 16.5. The molecule has 2 rings (SSSR count). The van der Waals surface area contributed by atoms with Gasteiger partial charge in [0, 0.05) is 38.8 Å². The van der Waals surface area contributed by atoms with Crippen LogP contribution in [0.1, 0.15) is 33.4 Å². The third-order valence-corrected chi connectivity index (χ3v) is 2.47. The molecule has 2 heterocycles. The molecule has 0 unspecified atom stereocenters. The molecule has 1 saturated heterocycles. The van der Waals surface area contributed by atoms with Crippen LogP contribution in [0.2, 0.25) is 0 Å². The van der Waals surface area contributed by atoms with Crippen LogP contribution in [0.4, 0.5) is 0 Å². The van der Waals surface area contributed by atoms with E-state index in [1.807, 2.05) is 33.8 Å². The van der Waals surface area contributed by atoms with Crippen LogP contribution in [0.15, 0.2) is 16.9 Å². The van der Waals surface area contributed by atoms with Gasteiger partial charge in [0.15, 0.2) is 0 Å². The van der Waals surface area contributed by atoms with Gasteiger partial charge in [-0.25, -0.2) is 0 Å². The average Bonchev–Trinajstić information content (AvgIpc) is 2.90. The van der Waals surface area contributed by atoms with E-state index in [2.05, 4.69) is 22.0 Å². The fraction of sp³-hybridized carbons (Fsp3) is 0.769. The predicted octanol–water partition coefficient (Wildman–Crippen LogP) is 2.47. The highest BCUT2D eigenvalue weighted by Crippen LogP contribution is 2.05. The quantitative estimate of drug-likeness (QED) is 0.796. The summed E-state index contributed by atoms with van der Waals surface area (Å²) in [5.74, 6) is 0. The van der Waals surface area contributed by atoms with Crippen molar-refractivity contribution < 1.29 is 4.52 Å². The first-order valence-electron chi connectivity index (χ1n) is 6.65. The Balaban J connectivity index is 0.000000581. The predicted molar refractivity (Wildman–Crippen MR) is 72.0 cm³/mol. The van der Waals surface area contributed by atoms with E-state index in [1.54, 1.807) is 6.26 Å². The molecule has 1 aliphatic rings. The molecule has 17 heavy (non-hydrogen) atoms. The summed E-state index contributed by atoms with van der Waals surface area (Å²) in [4.78, 5) is 4.75. The van der Waals surface area contributed by atoms with Crippen molar-refractivity contribution in [2.75, 3.05) is 33.2 Å². The SMILES string of the molecule is CC.CC.CN1CCN(Cc2ccon2)CC1. The molecule has 0 amide bonds. The van der Waals surface area contributed by atoms with E-state index < -0.39 is 0 Å². The largest absolute Gasteiger partial charge is 0.364 e. The average molecular weight is 241 g/mol. The Morgan fingerprint density at radius 3 is 2.18 bits per heavy atom. The van der Waals surface area contributed by atoms with Crippen LogP contribution >= 0.6 is 0 Å². The highest BCUT2D eigenvalue weighted by Gasteiger charge is 2.14. The van der Waals surface area contributed by atoms with Crippen LogP contribution in [-0.2, 0) is 6.54 Å². The minimum atomic E-state index is 0.921. The molecule has 0 aliphatic carbocycles. The molecule has 0 N–H and O–H groups in total. The molecular formula is C13H27N3O. The minimum Gasteiger partial charge on any atom is -0.364 e. The number of piperazine rings is 1. The molecule has 0 radical (unpaired) electrons. The Bertz CT molecular complexity index is 241. The lowest BCUT2D eigenvalue weighted by Crippen LogP contribution is -2.43. The zero-order valence-corrected chi connectivity index (χ0v) is 11.9. The maximum atomic E-state index is 4.79. The van der Waals surface area contributed by atoms with Crippen LogP contribution in [0.25, 0.3) is 0 Å². The van der Waals surface area contributed by atoms with Gasteiger partial charge in [0.05, 0.1) is 5.69 Å². The first kappa shape index (κ1) is 16.1. The molecule has 4 heteroatoms. The third-order valence-electron chi connectivity index (χ3n) is 2.47. The smallest absolute Gasteiger partial charge is 0.124 e. The Kier molecular flexibility index (Phi) is 9.77. The third kappa shape index (κ3) is 6.44. The first-order chi connectivity index (χ1) is 8.34. The number of aromatic nitrogens is 1. The number of hydrogen-bond acceptors (Lipinski definition) is 4. The van der Waals surface area contributed by atoms with Crippen molar-refractivity contribution in [3.63, 3.8) is 0 Å². The second-order valence-electron chi connectivity index (χ2n) is 3.57. The topological polar surface area (TPSA) is 32.5 Å². The van der Waals surface area contributed by atoms with Crippen LogP contribution in [0.5, 0.6) is 0 Å². The van der Waals surface area contributed by atoms with Gasteiger partial charge in [-0.3, -0.25) is 4.90 Å². The minimum absolute atomic E-state index is 0.921. The summed E-state index contributed by atoms with van der Waals surface area (Å²) in [6.07, 6.45) is 1.63. The van der Waals surface area contributed by atoms with Crippen molar-refractivity contribution in [1.82, 2.24) is 15.0 Å². The molecule has 0 atom stereocenters. The maximum Gasteiger partial charge on any atom is 0.124 e. The Morgan fingerprint density at radius 2 is 1.71 bits per heavy atom. The van der Waals surface area contributed by atoms with Gasteiger partial charge >= 0.3 is 0 Å². The number of rotatable bonds is 2. The van der Waals surface area contributed by atoms with Crippen molar-refractivity contribution in [3.8, 4) is 0 Å². The van der Waals surface area contributed by atoms with Gasteiger partial charge < -0.3 is 9.42 Å². The number of hydrogen-bond donors (Lipinski definition) is 0. The van der Waals surface area contributed by atoms with Crippen LogP contribution in [0, 0.1) is 0 Å². The van der Waals surface area contributed by atoms with E-state index in [1.165, 1.54) is 0 Å². The monoisotopic (exact) mass is 241 g/mol. The molecule has 1 aliphatic heterocycles. The fourth-order valence-corrected chi connectivity index (χ4v) is 1.55. The van der Waals surface area contributed by atoms with E-state index in [0.717, 1.165) is 38.4 Å². The van der Waals surface area contributed by atoms with Gasteiger partial charge in [0.2, 0.25) is 0 Å². The lowest BCUT2D eigenvalue weighted by atomic mass is 10.3. The summed E-state index contributed by atoms with van der Waals surface area (Å²) in [5.41, 5.74) is 1.03. The van der Waals surface area contributed by atoms with Crippen LogP contribution in [0.3, 0.4) is 0 Å². The number of nitrogens with zero attached hydrogens (tertiary/aromatic N) is 3.